The van der Waals surface area contributed by atoms with Crippen molar-refractivity contribution in [1.29, 1.82) is 0 Å². The molecule has 3 heterocycles. The van der Waals surface area contributed by atoms with Crippen LogP contribution < -0.4 is 0 Å². The number of piperidine rings is 1. The molecule has 4 rings (SSSR count). The first kappa shape index (κ1) is 15.4. The summed E-state index contributed by atoms with van der Waals surface area (Å²) in [7, 11) is 2.07. The number of imidazole rings is 1. The summed E-state index contributed by atoms with van der Waals surface area (Å²) in [6, 6.07) is 7.14. The minimum Gasteiger partial charge on any atom is -0.346 e. The fraction of sp³-hybridized carbons (Fsp3) is 0.421. The Balaban J connectivity index is 1.39. The van der Waals surface area contributed by atoms with Crippen molar-refractivity contribution in [3.05, 3.63) is 54.5 Å². The van der Waals surface area contributed by atoms with E-state index in [2.05, 4.69) is 32.1 Å². The molecule has 0 atom stereocenters. The van der Waals surface area contributed by atoms with E-state index in [-0.39, 0.29) is 5.82 Å². The molecule has 4 nitrogen and oxygen atoms in total. The van der Waals surface area contributed by atoms with E-state index in [9.17, 15) is 4.39 Å². The molecular weight excluding hydrogens is 303 g/mol. The van der Waals surface area contributed by atoms with Crippen LogP contribution in [0.5, 0.6) is 0 Å². The van der Waals surface area contributed by atoms with Crippen LogP contribution in [0.1, 0.15) is 18.5 Å². The summed E-state index contributed by atoms with van der Waals surface area (Å²) in [5.41, 5.74) is 2.35. The molecule has 0 saturated carbocycles. The first-order valence-corrected chi connectivity index (χ1v) is 8.61. The smallest absolute Gasteiger partial charge is 0.123 e. The van der Waals surface area contributed by atoms with Gasteiger partial charge in [-0.25, -0.2) is 9.37 Å². The molecule has 2 aromatic heterocycles. The Morgan fingerprint density at radius 2 is 2.04 bits per heavy atom. The summed E-state index contributed by atoms with van der Waals surface area (Å²) >= 11 is 0. The summed E-state index contributed by atoms with van der Waals surface area (Å²) in [5, 5.41) is 0.988. The molecule has 1 saturated heterocycles. The number of halogens is 1. The minimum atomic E-state index is -0.167. The van der Waals surface area contributed by atoms with Gasteiger partial charge >= 0.3 is 0 Å². The van der Waals surface area contributed by atoms with Crippen molar-refractivity contribution >= 4 is 10.9 Å². The van der Waals surface area contributed by atoms with Gasteiger partial charge in [-0.1, -0.05) is 0 Å². The van der Waals surface area contributed by atoms with E-state index in [1.54, 1.807) is 6.07 Å². The Hall–Kier alpha value is -2.14. The van der Waals surface area contributed by atoms with Crippen LogP contribution in [0.15, 0.2) is 43.0 Å². The predicted molar refractivity (Wildman–Crippen MR) is 93.1 cm³/mol. The van der Waals surface area contributed by atoms with Crippen LogP contribution in [0.25, 0.3) is 10.9 Å². The van der Waals surface area contributed by atoms with Gasteiger partial charge in [0.15, 0.2) is 0 Å². The van der Waals surface area contributed by atoms with Crippen LogP contribution in [0.3, 0.4) is 0 Å². The van der Waals surface area contributed by atoms with Crippen LogP contribution in [-0.4, -0.2) is 32.1 Å². The van der Waals surface area contributed by atoms with Crippen molar-refractivity contribution in [2.75, 3.05) is 13.1 Å². The standard InChI is InChI=1S/C19H23FN4/c1-22-18(11-16-10-17(20)2-3-19(16)22)13-23-7-4-15(5-8-23)12-24-9-6-21-14-24/h2-3,6,9-11,14-15H,4-5,7-8,12-13H2,1H3. The molecule has 126 valence electrons. The van der Waals surface area contributed by atoms with Crippen LogP contribution in [-0.2, 0) is 20.1 Å². The molecule has 0 bridgehead atoms. The Morgan fingerprint density at radius 3 is 2.79 bits per heavy atom. The molecule has 0 spiro atoms. The van der Waals surface area contributed by atoms with Gasteiger partial charge in [0.05, 0.1) is 6.33 Å². The second kappa shape index (κ2) is 6.40. The van der Waals surface area contributed by atoms with E-state index in [0.29, 0.717) is 0 Å². The van der Waals surface area contributed by atoms with Crippen molar-refractivity contribution < 1.29 is 4.39 Å². The summed E-state index contributed by atoms with van der Waals surface area (Å²) in [6.45, 7) is 4.25. The first-order chi connectivity index (χ1) is 11.7. The monoisotopic (exact) mass is 326 g/mol. The van der Waals surface area contributed by atoms with E-state index in [1.807, 2.05) is 24.8 Å². The zero-order valence-electron chi connectivity index (χ0n) is 14.0. The average Bonchev–Trinajstić information content (AvgIpc) is 3.18. The van der Waals surface area contributed by atoms with Crippen molar-refractivity contribution in [3.63, 3.8) is 0 Å². The molecule has 5 heteroatoms. The SMILES string of the molecule is Cn1c(CN2CCC(Cn3ccnc3)CC2)cc2cc(F)ccc21. The van der Waals surface area contributed by atoms with Crippen LogP contribution in [0.2, 0.25) is 0 Å². The number of benzene rings is 1. The van der Waals surface area contributed by atoms with E-state index >= 15 is 0 Å². The highest BCUT2D eigenvalue weighted by Gasteiger charge is 2.20. The van der Waals surface area contributed by atoms with Crippen LogP contribution in [0, 0.1) is 11.7 Å². The second-order valence-corrected chi connectivity index (χ2v) is 6.88. The lowest BCUT2D eigenvalue weighted by molar-refractivity contribution is 0.164. The van der Waals surface area contributed by atoms with Gasteiger partial charge in [-0.15, -0.1) is 0 Å². The molecule has 3 aromatic rings. The van der Waals surface area contributed by atoms with Gasteiger partial charge in [-0.2, -0.15) is 0 Å². The molecule has 0 amide bonds. The maximum atomic E-state index is 13.4. The van der Waals surface area contributed by atoms with Crippen molar-refractivity contribution in [2.45, 2.75) is 25.9 Å². The fourth-order valence-electron chi connectivity index (χ4n) is 3.78. The lowest BCUT2D eigenvalue weighted by atomic mass is 9.96. The van der Waals surface area contributed by atoms with Gasteiger partial charge < -0.3 is 9.13 Å². The number of hydrogen-bond acceptors (Lipinski definition) is 2. The Kier molecular flexibility index (Phi) is 4.10. The third kappa shape index (κ3) is 3.08. The first-order valence-electron chi connectivity index (χ1n) is 8.61. The van der Waals surface area contributed by atoms with Crippen LogP contribution in [0.4, 0.5) is 4.39 Å². The van der Waals surface area contributed by atoms with Gasteiger partial charge in [0.1, 0.15) is 5.82 Å². The number of aromatic nitrogens is 3. The van der Waals surface area contributed by atoms with Gasteiger partial charge in [0.2, 0.25) is 0 Å². The average molecular weight is 326 g/mol. The van der Waals surface area contributed by atoms with Gasteiger partial charge in [-0.05, 0) is 56.1 Å². The van der Waals surface area contributed by atoms with Gasteiger partial charge in [0, 0.05) is 49.1 Å². The van der Waals surface area contributed by atoms with E-state index in [0.717, 1.165) is 43.0 Å². The Bertz CT molecular complexity index is 813. The predicted octanol–water partition coefficient (Wildman–Crippen LogP) is 3.43. The molecular formula is C19H23FN4. The summed E-state index contributed by atoms with van der Waals surface area (Å²) in [4.78, 5) is 6.63. The number of likely N-dealkylation sites (tertiary alicyclic amines) is 1. The highest BCUT2D eigenvalue weighted by atomic mass is 19.1. The van der Waals surface area contributed by atoms with Gasteiger partial charge in [0.25, 0.3) is 0 Å². The molecule has 1 fully saturated rings. The van der Waals surface area contributed by atoms with Crippen molar-refractivity contribution in [1.82, 2.24) is 19.0 Å². The highest BCUT2D eigenvalue weighted by Crippen LogP contribution is 2.24. The largest absolute Gasteiger partial charge is 0.346 e. The molecule has 0 aliphatic carbocycles. The summed E-state index contributed by atoms with van der Waals surface area (Å²) < 4.78 is 17.8. The third-order valence-electron chi connectivity index (χ3n) is 5.22. The lowest BCUT2D eigenvalue weighted by Crippen LogP contribution is -2.34. The molecule has 1 aliphatic rings. The molecule has 0 radical (unpaired) electrons. The molecule has 0 N–H and O–H groups in total. The zero-order valence-corrected chi connectivity index (χ0v) is 14.0. The maximum Gasteiger partial charge on any atom is 0.123 e. The molecule has 0 unspecified atom stereocenters. The van der Waals surface area contributed by atoms with Gasteiger partial charge in [-0.3, -0.25) is 4.90 Å². The molecule has 1 aromatic carbocycles. The van der Waals surface area contributed by atoms with E-state index in [1.165, 1.54) is 24.6 Å². The maximum absolute atomic E-state index is 13.4. The topological polar surface area (TPSA) is 26.0 Å². The number of nitrogens with zero attached hydrogens (tertiary/aromatic N) is 4. The zero-order chi connectivity index (χ0) is 16.5. The van der Waals surface area contributed by atoms with Crippen LogP contribution >= 0.6 is 0 Å². The number of fused-ring (bicyclic) bond motifs is 1. The van der Waals surface area contributed by atoms with Crippen molar-refractivity contribution in [2.24, 2.45) is 13.0 Å². The number of aryl methyl sites for hydroxylation is 1. The quantitative estimate of drug-likeness (QED) is 0.734. The second-order valence-electron chi connectivity index (χ2n) is 6.88. The Labute approximate surface area is 141 Å². The fourth-order valence-corrected chi connectivity index (χ4v) is 3.78. The van der Waals surface area contributed by atoms with Crippen molar-refractivity contribution in [3.8, 4) is 0 Å². The highest BCUT2D eigenvalue weighted by molar-refractivity contribution is 5.81. The molecule has 1 aliphatic heterocycles. The normalized spacial score (nSPS) is 16.9. The minimum absolute atomic E-state index is 0.167. The number of rotatable bonds is 4. The Morgan fingerprint density at radius 1 is 1.21 bits per heavy atom. The number of hydrogen-bond donors (Lipinski definition) is 0. The summed E-state index contributed by atoms with van der Waals surface area (Å²) in [6.07, 6.45) is 8.23. The summed E-state index contributed by atoms with van der Waals surface area (Å²) in [5.74, 6) is 0.567. The van der Waals surface area contributed by atoms with E-state index < -0.39 is 0 Å². The third-order valence-corrected chi connectivity index (χ3v) is 5.22. The molecule has 24 heavy (non-hydrogen) atoms. The lowest BCUT2D eigenvalue weighted by Gasteiger charge is -2.32. The van der Waals surface area contributed by atoms with E-state index in [4.69, 9.17) is 0 Å².